The molecule has 0 spiro atoms. The summed E-state index contributed by atoms with van der Waals surface area (Å²) in [6.07, 6.45) is 4.10. The predicted molar refractivity (Wildman–Crippen MR) is 60.8 cm³/mol. The molecule has 0 amide bonds. The molecular weight excluding hydrogens is 194 g/mol. The van der Waals surface area contributed by atoms with Crippen molar-refractivity contribution in [3.63, 3.8) is 0 Å². The van der Waals surface area contributed by atoms with Gasteiger partial charge in [0.05, 0.1) is 0 Å². The van der Waals surface area contributed by atoms with Crippen molar-refractivity contribution in [2.45, 2.75) is 18.9 Å². The Labute approximate surface area is 89.8 Å². The Hall–Kier alpha value is -0.790. The largest absolute Gasteiger partial charge is 0.310 e. The van der Waals surface area contributed by atoms with Crippen molar-refractivity contribution in [1.82, 2.24) is 5.32 Å². The van der Waals surface area contributed by atoms with Crippen molar-refractivity contribution in [3.05, 3.63) is 47.0 Å². The SMILES string of the molecule is C=CCNC1Cc2ccc(Cl)cc2C1. The van der Waals surface area contributed by atoms with Crippen molar-refractivity contribution in [2.24, 2.45) is 0 Å². The maximum atomic E-state index is 5.94. The number of hydrogen-bond donors (Lipinski definition) is 1. The first-order valence-corrected chi connectivity index (χ1v) is 5.29. The molecule has 2 heteroatoms. The van der Waals surface area contributed by atoms with Crippen LogP contribution in [-0.2, 0) is 12.8 Å². The van der Waals surface area contributed by atoms with E-state index in [1.807, 2.05) is 12.1 Å². The number of nitrogens with one attached hydrogen (secondary N) is 1. The third kappa shape index (κ3) is 1.99. The molecule has 2 rings (SSSR count). The molecule has 1 aromatic carbocycles. The Balaban J connectivity index is 2.06. The minimum Gasteiger partial charge on any atom is -0.310 e. The molecule has 14 heavy (non-hydrogen) atoms. The molecule has 0 saturated carbocycles. The van der Waals surface area contributed by atoms with Crippen LogP contribution in [0.25, 0.3) is 0 Å². The fourth-order valence-electron chi connectivity index (χ4n) is 1.98. The third-order valence-corrected chi connectivity index (χ3v) is 2.89. The number of halogens is 1. The maximum absolute atomic E-state index is 5.94. The molecule has 1 nitrogen and oxygen atoms in total. The lowest BCUT2D eigenvalue weighted by atomic mass is 10.1. The molecule has 1 unspecified atom stereocenters. The molecule has 0 heterocycles. The van der Waals surface area contributed by atoms with Gasteiger partial charge in [0.1, 0.15) is 0 Å². The Bertz CT molecular complexity index is 346. The summed E-state index contributed by atoms with van der Waals surface area (Å²) in [7, 11) is 0. The quantitative estimate of drug-likeness (QED) is 0.752. The Morgan fingerprint density at radius 3 is 3.00 bits per heavy atom. The van der Waals surface area contributed by atoms with Crippen LogP contribution in [0.2, 0.25) is 5.02 Å². The lowest BCUT2D eigenvalue weighted by Crippen LogP contribution is -2.29. The van der Waals surface area contributed by atoms with Crippen LogP contribution in [0.3, 0.4) is 0 Å². The molecule has 0 saturated heterocycles. The van der Waals surface area contributed by atoms with Crippen LogP contribution in [0, 0.1) is 0 Å². The molecule has 1 atom stereocenters. The molecule has 0 aliphatic heterocycles. The zero-order chi connectivity index (χ0) is 9.97. The van der Waals surface area contributed by atoms with E-state index in [9.17, 15) is 0 Å². The maximum Gasteiger partial charge on any atom is 0.0408 e. The zero-order valence-corrected chi connectivity index (χ0v) is 8.85. The van der Waals surface area contributed by atoms with E-state index >= 15 is 0 Å². The Morgan fingerprint density at radius 2 is 2.21 bits per heavy atom. The van der Waals surface area contributed by atoms with Gasteiger partial charge >= 0.3 is 0 Å². The number of rotatable bonds is 3. The van der Waals surface area contributed by atoms with Gasteiger partial charge in [-0.15, -0.1) is 6.58 Å². The Kier molecular flexibility index (Phi) is 2.90. The van der Waals surface area contributed by atoms with Gasteiger partial charge in [0, 0.05) is 17.6 Å². The summed E-state index contributed by atoms with van der Waals surface area (Å²) in [5.74, 6) is 0. The first-order chi connectivity index (χ1) is 6.79. The van der Waals surface area contributed by atoms with Crippen molar-refractivity contribution in [3.8, 4) is 0 Å². The summed E-state index contributed by atoms with van der Waals surface area (Å²) in [5.41, 5.74) is 2.81. The van der Waals surface area contributed by atoms with Crippen molar-refractivity contribution >= 4 is 11.6 Å². The average molecular weight is 208 g/mol. The van der Waals surface area contributed by atoms with Crippen LogP contribution in [0.1, 0.15) is 11.1 Å². The topological polar surface area (TPSA) is 12.0 Å². The molecule has 1 aliphatic carbocycles. The smallest absolute Gasteiger partial charge is 0.0408 e. The molecule has 0 fully saturated rings. The van der Waals surface area contributed by atoms with Crippen LogP contribution in [0.5, 0.6) is 0 Å². The van der Waals surface area contributed by atoms with Crippen molar-refractivity contribution in [2.75, 3.05) is 6.54 Å². The van der Waals surface area contributed by atoms with E-state index in [0.29, 0.717) is 6.04 Å². The predicted octanol–water partition coefficient (Wildman–Crippen LogP) is 2.58. The van der Waals surface area contributed by atoms with Gasteiger partial charge in [0.2, 0.25) is 0 Å². The normalized spacial score (nSPS) is 19.4. The molecule has 0 radical (unpaired) electrons. The van der Waals surface area contributed by atoms with E-state index in [4.69, 9.17) is 11.6 Å². The summed E-state index contributed by atoms with van der Waals surface area (Å²) >= 11 is 5.94. The summed E-state index contributed by atoms with van der Waals surface area (Å²) in [5, 5.41) is 4.28. The van der Waals surface area contributed by atoms with Gasteiger partial charge in [-0.1, -0.05) is 23.7 Å². The first kappa shape index (κ1) is 9.75. The molecule has 1 aromatic rings. The van der Waals surface area contributed by atoms with Crippen LogP contribution < -0.4 is 5.32 Å². The fourth-order valence-corrected chi connectivity index (χ4v) is 2.18. The molecule has 1 aliphatic rings. The second-order valence-electron chi connectivity index (χ2n) is 3.72. The summed E-state index contributed by atoms with van der Waals surface area (Å²) < 4.78 is 0. The van der Waals surface area contributed by atoms with Crippen LogP contribution in [0.15, 0.2) is 30.9 Å². The summed E-state index contributed by atoms with van der Waals surface area (Å²) in [6, 6.07) is 6.73. The highest BCUT2D eigenvalue weighted by molar-refractivity contribution is 6.30. The summed E-state index contributed by atoms with van der Waals surface area (Å²) in [4.78, 5) is 0. The standard InChI is InChI=1S/C12H14ClN/c1-2-5-14-12-7-9-3-4-11(13)6-10(9)8-12/h2-4,6,12,14H,1,5,7-8H2. The number of hydrogen-bond acceptors (Lipinski definition) is 1. The molecule has 74 valence electrons. The number of benzene rings is 1. The van der Waals surface area contributed by atoms with Gasteiger partial charge in [-0.05, 0) is 36.1 Å². The first-order valence-electron chi connectivity index (χ1n) is 4.91. The van der Waals surface area contributed by atoms with Gasteiger partial charge in [-0.3, -0.25) is 0 Å². The monoisotopic (exact) mass is 207 g/mol. The van der Waals surface area contributed by atoms with Gasteiger partial charge in [0.15, 0.2) is 0 Å². The van der Waals surface area contributed by atoms with E-state index in [1.165, 1.54) is 11.1 Å². The second kappa shape index (κ2) is 4.16. The zero-order valence-electron chi connectivity index (χ0n) is 8.09. The van der Waals surface area contributed by atoms with E-state index in [1.54, 1.807) is 0 Å². The average Bonchev–Trinajstić information content (AvgIpc) is 2.56. The highest BCUT2D eigenvalue weighted by Crippen LogP contribution is 2.25. The number of fused-ring (bicyclic) bond motifs is 1. The van der Waals surface area contributed by atoms with Gasteiger partial charge < -0.3 is 5.32 Å². The van der Waals surface area contributed by atoms with Gasteiger partial charge in [0.25, 0.3) is 0 Å². The lowest BCUT2D eigenvalue weighted by molar-refractivity contribution is 0.567. The molecular formula is C12H14ClN. The van der Waals surface area contributed by atoms with Crippen LogP contribution in [0.4, 0.5) is 0 Å². The van der Waals surface area contributed by atoms with E-state index in [0.717, 1.165) is 24.4 Å². The highest BCUT2D eigenvalue weighted by Gasteiger charge is 2.20. The van der Waals surface area contributed by atoms with Crippen LogP contribution >= 0.6 is 11.6 Å². The van der Waals surface area contributed by atoms with Crippen molar-refractivity contribution in [1.29, 1.82) is 0 Å². The minimum absolute atomic E-state index is 0.557. The van der Waals surface area contributed by atoms with Crippen LogP contribution in [-0.4, -0.2) is 12.6 Å². The highest BCUT2D eigenvalue weighted by atomic mass is 35.5. The van der Waals surface area contributed by atoms with Gasteiger partial charge in [-0.2, -0.15) is 0 Å². The van der Waals surface area contributed by atoms with Crippen molar-refractivity contribution < 1.29 is 0 Å². The summed E-state index contributed by atoms with van der Waals surface area (Å²) in [6.45, 7) is 4.58. The van der Waals surface area contributed by atoms with E-state index < -0.39 is 0 Å². The minimum atomic E-state index is 0.557. The van der Waals surface area contributed by atoms with Gasteiger partial charge in [-0.25, -0.2) is 0 Å². The van der Waals surface area contributed by atoms with E-state index in [-0.39, 0.29) is 0 Å². The lowest BCUT2D eigenvalue weighted by Gasteiger charge is -2.08. The van der Waals surface area contributed by atoms with E-state index in [2.05, 4.69) is 24.0 Å². The molecule has 1 N–H and O–H groups in total. The molecule has 0 bridgehead atoms. The molecule has 0 aromatic heterocycles. The fraction of sp³-hybridized carbons (Fsp3) is 0.333. The second-order valence-corrected chi connectivity index (χ2v) is 4.15. The Morgan fingerprint density at radius 1 is 1.43 bits per heavy atom. The third-order valence-electron chi connectivity index (χ3n) is 2.65.